The third kappa shape index (κ3) is 1.13. The lowest BCUT2D eigenvalue weighted by Crippen LogP contribution is -2.06. The van der Waals surface area contributed by atoms with Gasteiger partial charge < -0.3 is 10.7 Å². The Morgan fingerprint density at radius 3 is 2.56 bits per heavy atom. The van der Waals surface area contributed by atoms with Crippen molar-refractivity contribution in [3.05, 3.63) is 23.5 Å². The van der Waals surface area contributed by atoms with Gasteiger partial charge in [-0.05, 0) is 25.5 Å². The van der Waals surface area contributed by atoms with E-state index in [9.17, 15) is 0 Å². The van der Waals surface area contributed by atoms with E-state index < -0.39 is 0 Å². The molecule has 0 fully saturated rings. The highest BCUT2D eigenvalue weighted by Crippen LogP contribution is 2.10. The minimum atomic E-state index is 0.125. The van der Waals surface area contributed by atoms with Crippen molar-refractivity contribution in [1.82, 2.24) is 4.98 Å². The Labute approximate surface area is 55.1 Å². The third-order valence-electron chi connectivity index (χ3n) is 1.45. The van der Waals surface area contributed by atoms with Gasteiger partial charge in [-0.25, -0.2) is 0 Å². The Morgan fingerprint density at radius 2 is 2.33 bits per heavy atom. The first-order valence-corrected chi connectivity index (χ1v) is 3.11. The van der Waals surface area contributed by atoms with Crippen molar-refractivity contribution in [2.45, 2.75) is 19.9 Å². The normalized spacial score (nSPS) is 13.7. The average molecular weight is 124 g/mol. The fraction of sp³-hybridized carbons (Fsp3) is 0.429. The summed E-state index contributed by atoms with van der Waals surface area (Å²) >= 11 is 0. The average Bonchev–Trinajstić information content (AvgIpc) is 2.13. The molecule has 0 aromatic carbocycles. The summed E-state index contributed by atoms with van der Waals surface area (Å²) in [6.45, 7) is 4.02. The summed E-state index contributed by atoms with van der Waals surface area (Å²) in [7, 11) is 0. The van der Waals surface area contributed by atoms with Gasteiger partial charge in [-0.2, -0.15) is 0 Å². The van der Waals surface area contributed by atoms with Gasteiger partial charge >= 0.3 is 0 Å². The van der Waals surface area contributed by atoms with E-state index in [1.165, 1.54) is 5.56 Å². The molecule has 1 heterocycles. The van der Waals surface area contributed by atoms with E-state index in [0.717, 1.165) is 5.69 Å². The minimum Gasteiger partial charge on any atom is -0.363 e. The number of aromatic amines is 1. The van der Waals surface area contributed by atoms with Gasteiger partial charge in [-0.15, -0.1) is 0 Å². The van der Waals surface area contributed by atoms with Gasteiger partial charge in [-0.3, -0.25) is 0 Å². The summed E-state index contributed by atoms with van der Waals surface area (Å²) in [5, 5.41) is 0. The van der Waals surface area contributed by atoms with Crippen LogP contribution in [0.2, 0.25) is 0 Å². The molecule has 50 valence electrons. The van der Waals surface area contributed by atoms with Crippen LogP contribution in [0.25, 0.3) is 0 Å². The quantitative estimate of drug-likeness (QED) is 0.583. The Kier molecular flexibility index (Phi) is 1.58. The van der Waals surface area contributed by atoms with Crippen LogP contribution in [0.15, 0.2) is 12.3 Å². The molecule has 9 heavy (non-hydrogen) atoms. The number of aryl methyl sites for hydroxylation is 1. The van der Waals surface area contributed by atoms with E-state index in [0.29, 0.717) is 0 Å². The Hall–Kier alpha value is -0.760. The molecule has 3 N–H and O–H groups in total. The minimum absolute atomic E-state index is 0.125. The molecule has 0 bridgehead atoms. The number of nitrogens with two attached hydrogens (primary N) is 1. The molecule has 0 aliphatic carbocycles. The maximum absolute atomic E-state index is 5.63. The zero-order chi connectivity index (χ0) is 6.85. The maximum atomic E-state index is 5.63. The first-order valence-electron chi connectivity index (χ1n) is 3.11. The fourth-order valence-electron chi connectivity index (χ4n) is 0.951. The van der Waals surface area contributed by atoms with Crippen molar-refractivity contribution in [2.24, 2.45) is 5.73 Å². The first-order chi connectivity index (χ1) is 4.22. The lowest BCUT2D eigenvalue weighted by atomic mass is 10.2. The number of nitrogens with one attached hydrogen (secondary N) is 1. The highest BCUT2D eigenvalue weighted by molar-refractivity contribution is 5.20. The van der Waals surface area contributed by atoms with Crippen molar-refractivity contribution in [1.29, 1.82) is 0 Å². The molecule has 0 spiro atoms. The molecule has 0 radical (unpaired) electrons. The summed E-state index contributed by atoms with van der Waals surface area (Å²) in [5.74, 6) is 0. The van der Waals surface area contributed by atoms with E-state index in [1.54, 1.807) is 0 Å². The Bertz CT molecular complexity index is 189. The Balaban J connectivity index is 2.94. The topological polar surface area (TPSA) is 41.8 Å². The molecule has 0 aliphatic rings. The van der Waals surface area contributed by atoms with Crippen LogP contribution in [0, 0.1) is 6.92 Å². The number of hydrogen-bond donors (Lipinski definition) is 2. The third-order valence-corrected chi connectivity index (χ3v) is 1.45. The predicted octanol–water partition coefficient (Wildman–Crippen LogP) is 1.34. The van der Waals surface area contributed by atoms with Crippen LogP contribution in [-0.4, -0.2) is 4.98 Å². The van der Waals surface area contributed by atoms with Crippen LogP contribution in [0.3, 0.4) is 0 Å². The maximum Gasteiger partial charge on any atom is 0.0421 e. The molecular weight excluding hydrogens is 112 g/mol. The number of aromatic nitrogens is 1. The van der Waals surface area contributed by atoms with Gasteiger partial charge in [0, 0.05) is 17.9 Å². The first kappa shape index (κ1) is 6.36. The molecule has 1 rings (SSSR count). The lowest BCUT2D eigenvalue weighted by molar-refractivity contribution is 0.782. The van der Waals surface area contributed by atoms with Gasteiger partial charge in [0.2, 0.25) is 0 Å². The van der Waals surface area contributed by atoms with Crippen LogP contribution in [0.4, 0.5) is 0 Å². The van der Waals surface area contributed by atoms with Crippen molar-refractivity contribution in [2.75, 3.05) is 0 Å². The van der Waals surface area contributed by atoms with E-state index in [4.69, 9.17) is 5.73 Å². The van der Waals surface area contributed by atoms with E-state index in [-0.39, 0.29) is 6.04 Å². The number of H-pyrrole nitrogens is 1. The van der Waals surface area contributed by atoms with E-state index in [2.05, 4.69) is 11.9 Å². The highest BCUT2D eigenvalue weighted by atomic mass is 14.8. The second-order valence-corrected chi connectivity index (χ2v) is 2.36. The van der Waals surface area contributed by atoms with Gasteiger partial charge in [-0.1, -0.05) is 0 Å². The van der Waals surface area contributed by atoms with Crippen LogP contribution < -0.4 is 5.73 Å². The molecule has 0 amide bonds. The molecule has 2 heteroatoms. The fourth-order valence-corrected chi connectivity index (χ4v) is 0.951. The number of rotatable bonds is 1. The molecule has 1 aromatic rings. The standard InChI is InChI=1S/C7H12N2/c1-5-3-4-9-7(5)6(2)8/h3-4,6,9H,8H2,1-2H3. The summed E-state index contributed by atoms with van der Waals surface area (Å²) < 4.78 is 0. The van der Waals surface area contributed by atoms with Gasteiger partial charge in [0.25, 0.3) is 0 Å². The smallest absolute Gasteiger partial charge is 0.0421 e. The van der Waals surface area contributed by atoms with Crippen LogP contribution >= 0.6 is 0 Å². The number of hydrogen-bond acceptors (Lipinski definition) is 1. The molecule has 1 unspecified atom stereocenters. The van der Waals surface area contributed by atoms with Crippen molar-refractivity contribution < 1.29 is 0 Å². The largest absolute Gasteiger partial charge is 0.363 e. The van der Waals surface area contributed by atoms with Crippen molar-refractivity contribution in [3.63, 3.8) is 0 Å². The molecule has 1 aromatic heterocycles. The highest BCUT2D eigenvalue weighted by Gasteiger charge is 2.01. The monoisotopic (exact) mass is 124 g/mol. The van der Waals surface area contributed by atoms with E-state index >= 15 is 0 Å². The zero-order valence-electron chi connectivity index (χ0n) is 5.81. The van der Waals surface area contributed by atoms with Crippen LogP contribution in [-0.2, 0) is 0 Å². The van der Waals surface area contributed by atoms with Gasteiger partial charge in [0.05, 0.1) is 0 Å². The van der Waals surface area contributed by atoms with Crippen molar-refractivity contribution >= 4 is 0 Å². The predicted molar refractivity (Wildman–Crippen MR) is 38.1 cm³/mol. The molecule has 0 aliphatic heterocycles. The van der Waals surface area contributed by atoms with Crippen LogP contribution in [0.5, 0.6) is 0 Å². The zero-order valence-corrected chi connectivity index (χ0v) is 5.81. The molecule has 0 saturated heterocycles. The van der Waals surface area contributed by atoms with Gasteiger partial charge in [0.1, 0.15) is 0 Å². The second-order valence-electron chi connectivity index (χ2n) is 2.36. The van der Waals surface area contributed by atoms with E-state index in [1.807, 2.05) is 19.2 Å². The molecule has 2 nitrogen and oxygen atoms in total. The second kappa shape index (κ2) is 2.23. The summed E-state index contributed by atoms with van der Waals surface area (Å²) in [4.78, 5) is 3.08. The SMILES string of the molecule is Cc1cc[nH]c1C(C)N. The molecule has 0 saturated carbocycles. The lowest BCUT2D eigenvalue weighted by Gasteiger charge is -2.01. The van der Waals surface area contributed by atoms with Crippen molar-refractivity contribution in [3.8, 4) is 0 Å². The molecular formula is C7H12N2. The summed E-state index contributed by atoms with van der Waals surface area (Å²) in [6.07, 6.45) is 1.91. The van der Waals surface area contributed by atoms with Gasteiger partial charge in [0.15, 0.2) is 0 Å². The Morgan fingerprint density at radius 1 is 1.67 bits per heavy atom. The summed E-state index contributed by atoms with van der Waals surface area (Å²) in [5.41, 5.74) is 8.00. The molecule has 1 atom stereocenters. The van der Waals surface area contributed by atoms with Crippen LogP contribution in [0.1, 0.15) is 24.2 Å². The summed E-state index contributed by atoms with van der Waals surface area (Å²) in [6, 6.07) is 2.15.